The van der Waals surface area contributed by atoms with Crippen LogP contribution in [-0.2, 0) is 13.0 Å². The van der Waals surface area contributed by atoms with Gasteiger partial charge in [0.15, 0.2) is 11.8 Å². The molecule has 0 saturated heterocycles. The third kappa shape index (κ3) is 6.68. The molecule has 0 bridgehead atoms. The predicted octanol–water partition coefficient (Wildman–Crippen LogP) is 3.36. The lowest BCUT2D eigenvalue weighted by atomic mass is 10.1. The Balaban J connectivity index is 0.00000320. The van der Waals surface area contributed by atoms with Crippen molar-refractivity contribution in [1.29, 1.82) is 0 Å². The molecule has 0 aliphatic carbocycles. The second kappa shape index (κ2) is 12.1. The number of benzene rings is 1. The Morgan fingerprint density at radius 1 is 1.20 bits per heavy atom. The number of pyridine rings is 1. The van der Waals surface area contributed by atoms with Crippen molar-refractivity contribution >= 4 is 29.9 Å². The lowest BCUT2D eigenvalue weighted by Crippen LogP contribution is -2.38. The van der Waals surface area contributed by atoms with E-state index in [2.05, 4.69) is 49.8 Å². The lowest BCUT2D eigenvalue weighted by Gasteiger charge is -2.14. The molecule has 0 spiro atoms. The van der Waals surface area contributed by atoms with E-state index in [1.165, 1.54) is 5.56 Å². The Hall–Kier alpha value is -2.69. The van der Waals surface area contributed by atoms with Gasteiger partial charge >= 0.3 is 0 Å². The maximum absolute atomic E-state index is 5.73. The van der Waals surface area contributed by atoms with Gasteiger partial charge in [0.1, 0.15) is 11.4 Å². The fourth-order valence-electron chi connectivity index (χ4n) is 2.74. The number of aryl methyl sites for hydroxylation is 1. The standard InChI is InChI=1S/C21H26N6O2.HI/c1-4-28-18-13-15(2)8-9-16(18)14-25-21(22-3)24-12-10-19-26-20(29-27-19)17-7-5-6-11-23-17;/h5-9,11,13H,4,10,12,14H2,1-3H3,(H2,22,24,25);1H. The molecule has 0 amide bonds. The first-order valence-electron chi connectivity index (χ1n) is 9.60. The number of halogens is 1. The number of guanidine groups is 1. The Morgan fingerprint density at radius 3 is 2.80 bits per heavy atom. The van der Waals surface area contributed by atoms with Crippen molar-refractivity contribution in [2.24, 2.45) is 4.99 Å². The molecule has 0 aliphatic rings. The Kier molecular flexibility index (Phi) is 9.52. The molecule has 3 rings (SSSR count). The summed E-state index contributed by atoms with van der Waals surface area (Å²) >= 11 is 0. The highest BCUT2D eigenvalue weighted by Crippen LogP contribution is 2.20. The van der Waals surface area contributed by atoms with E-state index in [-0.39, 0.29) is 24.0 Å². The van der Waals surface area contributed by atoms with E-state index in [9.17, 15) is 0 Å². The number of nitrogens with zero attached hydrogens (tertiary/aromatic N) is 4. The van der Waals surface area contributed by atoms with Crippen LogP contribution in [0.25, 0.3) is 11.6 Å². The second-order valence-electron chi connectivity index (χ2n) is 6.38. The van der Waals surface area contributed by atoms with Gasteiger partial charge in [0, 0.05) is 38.3 Å². The average Bonchev–Trinajstić information content (AvgIpc) is 3.21. The molecule has 30 heavy (non-hydrogen) atoms. The molecule has 0 radical (unpaired) electrons. The molecule has 9 heteroatoms. The van der Waals surface area contributed by atoms with Gasteiger partial charge < -0.3 is 19.9 Å². The summed E-state index contributed by atoms with van der Waals surface area (Å²) in [7, 11) is 1.74. The first-order chi connectivity index (χ1) is 14.2. The largest absolute Gasteiger partial charge is 0.494 e. The zero-order chi connectivity index (χ0) is 20.5. The van der Waals surface area contributed by atoms with E-state index in [4.69, 9.17) is 9.26 Å². The maximum atomic E-state index is 5.73. The van der Waals surface area contributed by atoms with Gasteiger partial charge in [-0.1, -0.05) is 23.4 Å². The van der Waals surface area contributed by atoms with Crippen molar-refractivity contribution in [2.75, 3.05) is 20.2 Å². The smallest absolute Gasteiger partial charge is 0.276 e. The number of rotatable bonds is 8. The van der Waals surface area contributed by atoms with Crippen LogP contribution in [0.4, 0.5) is 0 Å². The summed E-state index contributed by atoms with van der Waals surface area (Å²) in [6.07, 6.45) is 2.30. The predicted molar refractivity (Wildman–Crippen MR) is 127 cm³/mol. The zero-order valence-corrected chi connectivity index (χ0v) is 19.7. The topological polar surface area (TPSA) is 97.5 Å². The Morgan fingerprint density at radius 2 is 2.07 bits per heavy atom. The van der Waals surface area contributed by atoms with Crippen molar-refractivity contribution in [3.63, 3.8) is 0 Å². The molecule has 0 atom stereocenters. The minimum atomic E-state index is 0. The van der Waals surface area contributed by atoms with Crippen molar-refractivity contribution < 1.29 is 9.26 Å². The van der Waals surface area contributed by atoms with Crippen LogP contribution in [0, 0.1) is 6.92 Å². The molecule has 3 aromatic rings. The fourth-order valence-corrected chi connectivity index (χ4v) is 2.74. The number of hydrogen-bond acceptors (Lipinski definition) is 6. The summed E-state index contributed by atoms with van der Waals surface area (Å²) in [4.78, 5) is 12.9. The van der Waals surface area contributed by atoms with E-state index in [1.807, 2.05) is 31.2 Å². The van der Waals surface area contributed by atoms with Gasteiger partial charge in [-0.2, -0.15) is 4.98 Å². The second-order valence-corrected chi connectivity index (χ2v) is 6.38. The number of ether oxygens (including phenoxy) is 1. The van der Waals surface area contributed by atoms with Gasteiger partial charge in [0.25, 0.3) is 5.89 Å². The normalized spacial score (nSPS) is 11.0. The van der Waals surface area contributed by atoms with Crippen LogP contribution in [0.2, 0.25) is 0 Å². The van der Waals surface area contributed by atoms with Crippen LogP contribution in [0.3, 0.4) is 0 Å². The van der Waals surface area contributed by atoms with E-state index < -0.39 is 0 Å². The van der Waals surface area contributed by atoms with Gasteiger partial charge in [-0.3, -0.25) is 9.98 Å². The summed E-state index contributed by atoms with van der Waals surface area (Å²) in [6.45, 7) is 5.90. The summed E-state index contributed by atoms with van der Waals surface area (Å²) in [6, 6.07) is 11.8. The van der Waals surface area contributed by atoms with Gasteiger partial charge in [-0.25, -0.2) is 0 Å². The molecular formula is C21H27IN6O2. The average molecular weight is 522 g/mol. The third-order valence-electron chi connectivity index (χ3n) is 4.19. The number of hydrogen-bond donors (Lipinski definition) is 2. The van der Waals surface area contributed by atoms with Gasteiger partial charge in [-0.15, -0.1) is 24.0 Å². The molecular weight excluding hydrogens is 495 g/mol. The molecule has 1 aromatic carbocycles. The highest BCUT2D eigenvalue weighted by atomic mass is 127. The summed E-state index contributed by atoms with van der Waals surface area (Å²) < 4.78 is 11.0. The molecule has 2 N–H and O–H groups in total. The van der Waals surface area contributed by atoms with Crippen molar-refractivity contribution in [1.82, 2.24) is 25.8 Å². The number of aliphatic imine (C=N–C) groups is 1. The molecule has 0 fully saturated rings. The van der Waals surface area contributed by atoms with Gasteiger partial charge in [0.2, 0.25) is 0 Å². The van der Waals surface area contributed by atoms with E-state index in [1.54, 1.807) is 13.2 Å². The Labute approximate surface area is 193 Å². The third-order valence-corrected chi connectivity index (χ3v) is 4.19. The van der Waals surface area contributed by atoms with Gasteiger partial charge in [-0.05, 0) is 37.6 Å². The fraction of sp³-hybridized carbons (Fsp3) is 0.333. The Bertz CT molecular complexity index is 946. The highest BCUT2D eigenvalue weighted by Gasteiger charge is 2.10. The molecule has 160 valence electrons. The molecule has 0 saturated carbocycles. The molecule has 0 unspecified atom stereocenters. The molecule has 0 aliphatic heterocycles. The van der Waals surface area contributed by atoms with Crippen LogP contribution in [0.1, 0.15) is 23.9 Å². The highest BCUT2D eigenvalue weighted by molar-refractivity contribution is 14.0. The van der Waals surface area contributed by atoms with Gasteiger partial charge in [0.05, 0.1) is 6.61 Å². The quantitative estimate of drug-likeness (QED) is 0.266. The molecule has 8 nitrogen and oxygen atoms in total. The van der Waals surface area contributed by atoms with Crippen LogP contribution < -0.4 is 15.4 Å². The lowest BCUT2D eigenvalue weighted by molar-refractivity contribution is 0.336. The summed E-state index contributed by atoms with van der Waals surface area (Å²) in [5.74, 6) is 2.63. The van der Waals surface area contributed by atoms with Crippen molar-refractivity contribution in [2.45, 2.75) is 26.8 Å². The molecule has 2 aromatic heterocycles. The number of nitrogens with one attached hydrogen (secondary N) is 2. The van der Waals surface area contributed by atoms with Crippen LogP contribution in [0.5, 0.6) is 5.75 Å². The SMILES string of the molecule is CCOc1cc(C)ccc1CNC(=NC)NCCc1noc(-c2ccccn2)n1.I. The zero-order valence-electron chi connectivity index (χ0n) is 17.4. The van der Waals surface area contributed by atoms with Crippen molar-refractivity contribution in [3.8, 4) is 17.3 Å². The number of aromatic nitrogens is 3. The van der Waals surface area contributed by atoms with Crippen LogP contribution in [-0.4, -0.2) is 41.3 Å². The minimum absolute atomic E-state index is 0. The first kappa shape index (κ1) is 23.6. The van der Waals surface area contributed by atoms with E-state index in [0.29, 0.717) is 49.5 Å². The van der Waals surface area contributed by atoms with Crippen molar-refractivity contribution in [3.05, 3.63) is 59.5 Å². The monoisotopic (exact) mass is 522 g/mol. The summed E-state index contributed by atoms with van der Waals surface area (Å²) in [5.41, 5.74) is 2.92. The minimum Gasteiger partial charge on any atom is -0.494 e. The van der Waals surface area contributed by atoms with E-state index in [0.717, 1.165) is 11.3 Å². The molecule has 2 heterocycles. The first-order valence-corrected chi connectivity index (χ1v) is 9.60. The van der Waals surface area contributed by atoms with Crippen LogP contribution in [0.15, 0.2) is 52.1 Å². The summed E-state index contributed by atoms with van der Waals surface area (Å²) in [5, 5.41) is 10.6. The van der Waals surface area contributed by atoms with E-state index >= 15 is 0 Å². The van der Waals surface area contributed by atoms with Crippen LogP contribution >= 0.6 is 24.0 Å². The maximum Gasteiger partial charge on any atom is 0.276 e.